The topological polar surface area (TPSA) is 59.3 Å². The first-order valence-corrected chi connectivity index (χ1v) is 9.20. The van der Waals surface area contributed by atoms with Gasteiger partial charge < -0.3 is 9.47 Å². The van der Waals surface area contributed by atoms with Gasteiger partial charge in [-0.1, -0.05) is 34.2 Å². The van der Waals surface area contributed by atoms with Crippen LogP contribution in [0.3, 0.4) is 0 Å². The summed E-state index contributed by atoms with van der Waals surface area (Å²) in [6, 6.07) is 9.56. The van der Waals surface area contributed by atoms with Crippen LogP contribution < -0.4 is 0 Å². The van der Waals surface area contributed by atoms with E-state index in [1.807, 2.05) is 12.1 Å². The maximum Gasteiger partial charge on any atom is 0.338 e. The van der Waals surface area contributed by atoms with Gasteiger partial charge in [-0.2, -0.15) is 5.26 Å². The van der Waals surface area contributed by atoms with Crippen LogP contribution in [-0.2, 0) is 9.47 Å². The molecule has 1 unspecified atom stereocenters. The van der Waals surface area contributed by atoms with E-state index in [1.165, 1.54) is 0 Å². The average molecular weight is 400 g/mol. The molecular formula is C20H18BrNO3. The van der Waals surface area contributed by atoms with E-state index in [9.17, 15) is 10.1 Å². The third kappa shape index (κ3) is 2.47. The molecule has 0 heterocycles. The molecule has 0 N–H and O–H groups in total. The number of halogens is 1. The van der Waals surface area contributed by atoms with Gasteiger partial charge >= 0.3 is 5.97 Å². The van der Waals surface area contributed by atoms with Gasteiger partial charge in [0.05, 0.1) is 17.6 Å². The van der Waals surface area contributed by atoms with Crippen molar-refractivity contribution in [2.24, 2.45) is 17.8 Å². The predicted octanol–water partition coefficient (Wildman–Crippen LogP) is 4.04. The summed E-state index contributed by atoms with van der Waals surface area (Å²) in [5.74, 6) is -0.126. The van der Waals surface area contributed by atoms with Crippen LogP contribution in [0, 0.1) is 29.1 Å². The summed E-state index contributed by atoms with van der Waals surface area (Å²) < 4.78 is 12.6. The molecule has 128 valence electrons. The second kappa shape index (κ2) is 6.12. The SMILES string of the molecule is CO[C@]12CC[C@H](OC(=O)c3ccc(Br)cc3)C1=C[C@H]1C=CC1[C@@H]2C#N. The molecule has 5 atom stereocenters. The highest BCUT2D eigenvalue weighted by Crippen LogP contribution is 2.55. The van der Waals surface area contributed by atoms with Gasteiger partial charge in [-0.15, -0.1) is 0 Å². The Kier molecular flexibility index (Phi) is 4.05. The second-order valence-corrected chi connectivity index (χ2v) is 7.72. The number of nitriles is 1. The lowest BCUT2D eigenvalue weighted by molar-refractivity contribution is -0.0333. The highest BCUT2D eigenvalue weighted by Gasteiger charge is 2.58. The molecule has 0 saturated heterocycles. The minimum atomic E-state index is -0.634. The van der Waals surface area contributed by atoms with E-state index in [1.54, 1.807) is 19.2 Å². The number of esters is 1. The maximum atomic E-state index is 12.5. The minimum absolute atomic E-state index is 0.203. The zero-order chi connectivity index (χ0) is 17.6. The Morgan fingerprint density at radius 1 is 1.32 bits per heavy atom. The fourth-order valence-corrected chi connectivity index (χ4v) is 4.59. The minimum Gasteiger partial charge on any atom is -0.454 e. The number of ether oxygens (including phenoxy) is 2. The van der Waals surface area contributed by atoms with Gasteiger partial charge in [0, 0.05) is 23.4 Å². The number of fused-ring (bicyclic) bond motifs is 2. The fraction of sp³-hybridized carbons (Fsp3) is 0.400. The number of benzene rings is 1. The smallest absolute Gasteiger partial charge is 0.338 e. The molecule has 0 aliphatic heterocycles. The van der Waals surface area contributed by atoms with Crippen molar-refractivity contribution < 1.29 is 14.3 Å². The zero-order valence-corrected chi connectivity index (χ0v) is 15.4. The first-order chi connectivity index (χ1) is 12.1. The molecule has 4 nitrogen and oxygen atoms in total. The number of hydrogen-bond acceptors (Lipinski definition) is 4. The Labute approximate surface area is 155 Å². The van der Waals surface area contributed by atoms with E-state index in [-0.39, 0.29) is 29.8 Å². The molecule has 0 spiro atoms. The zero-order valence-electron chi connectivity index (χ0n) is 13.8. The van der Waals surface area contributed by atoms with Crippen molar-refractivity contribution in [2.45, 2.75) is 24.5 Å². The number of carbonyl (C=O) groups excluding carboxylic acids is 1. The molecule has 1 fully saturated rings. The van der Waals surface area contributed by atoms with Crippen molar-refractivity contribution in [2.75, 3.05) is 7.11 Å². The molecule has 25 heavy (non-hydrogen) atoms. The van der Waals surface area contributed by atoms with Crippen molar-refractivity contribution in [1.82, 2.24) is 0 Å². The fourth-order valence-electron chi connectivity index (χ4n) is 4.33. The Bertz CT molecular complexity index is 807. The first kappa shape index (κ1) is 16.6. The maximum absolute atomic E-state index is 12.5. The van der Waals surface area contributed by atoms with E-state index in [0.29, 0.717) is 18.4 Å². The molecule has 3 aliphatic rings. The quantitative estimate of drug-likeness (QED) is 0.568. The normalized spacial score (nSPS) is 35.0. The van der Waals surface area contributed by atoms with Gasteiger partial charge in [0.1, 0.15) is 11.7 Å². The Hall–Kier alpha value is -1.90. The standard InChI is InChI=1S/C20H18BrNO3/c1-24-20-9-8-18(25-19(23)12-2-5-14(21)6-3-12)16(20)10-13-4-7-15(13)17(20)11-22/h2-7,10,13,15,17-18H,8-9H2,1H3/t13-,15?,17+,18+,20-/m1/s1. The number of carbonyl (C=O) groups is 1. The largest absolute Gasteiger partial charge is 0.454 e. The third-order valence-electron chi connectivity index (χ3n) is 5.71. The van der Waals surface area contributed by atoms with Gasteiger partial charge in [0.25, 0.3) is 0 Å². The van der Waals surface area contributed by atoms with Crippen LogP contribution in [0.5, 0.6) is 0 Å². The van der Waals surface area contributed by atoms with Crippen molar-refractivity contribution in [3.8, 4) is 6.07 Å². The number of methoxy groups -OCH3 is 1. The van der Waals surface area contributed by atoms with E-state index in [0.717, 1.165) is 10.0 Å². The van der Waals surface area contributed by atoms with Crippen LogP contribution in [0.15, 0.2) is 52.5 Å². The lowest BCUT2D eigenvalue weighted by Crippen LogP contribution is -2.49. The van der Waals surface area contributed by atoms with Crippen LogP contribution >= 0.6 is 15.9 Å². The molecule has 1 aromatic carbocycles. The predicted molar refractivity (Wildman–Crippen MR) is 95.6 cm³/mol. The number of allylic oxidation sites excluding steroid dienone is 3. The summed E-state index contributed by atoms with van der Waals surface area (Å²) in [6.07, 6.45) is 7.39. The van der Waals surface area contributed by atoms with Gasteiger partial charge in [0.15, 0.2) is 0 Å². The van der Waals surface area contributed by atoms with Crippen LogP contribution in [0.2, 0.25) is 0 Å². The van der Waals surface area contributed by atoms with Crippen LogP contribution in [-0.4, -0.2) is 24.8 Å². The van der Waals surface area contributed by atoms with Crippen LogP contribution in [0.4, 0.5) is 0 Å². The highest BCUT2D eigenvalue weighted by molar-refractivity contribution is 9.10. The molecule has 0 bridgehead atoms. The third-order valence-corrected chi connectivity index (χ3v) is 6.23. The van der Waals surface area contributed by atoms with E-state index < -0.39 is 5.60 Å². The van der Waals surface area contributed by atoms with E-state index >= 15 is 0 Å². The molecule has 3 aliphatic carbocycles. The lowest BCUT2D eigenvalue weighted by atomic mass is 9.61. The Morgan fingerprint density at radius 2 is 2.08 bits per heavy atom. The second-order valence-electron chi connectivity index (χ2n) is 6.80. The number of nitrogens with zero attached hydrogens (tertiary/aromatic N) is 1. The Balaban J connectivity index is 1.61. The summed E-state index contributed by atoms with van der Waals surface area (Å²) in [5.41, 5.74) is 0.844. The van der Waals surface area contributed by atoms with Crippen molar-refractivity contribution >= 4 is 21.9 Å². The highest BCUT2D eigenvalue weighted by atomic mass is 79.9. The summed E-state index contributed by atoms with van der Waals surface area (Å²) in [5, 5.41) is 9.73. The summed E-state index contributed by atoms with van der Waals surface area (Å²) >= 11 is 3.36. The van der Waals surface area contributed by atoms with Crippen LogP contribution in [0.1, 0.15) is 23.2 Å². The molecule has 0 amide bonds. The summed E-state index contributed by atoms with van der Waals surface area (Å²) in [7, 11) is 1.65. The van der Waals surface area contributed by atoms with Gasteiger partial charge in [-0.25, -0.2) is 4.79 Å². The van der Waals surface area contributed by atoms with Crippen molar-refractivity contribution in [3.05, 3.63) is 58.1 Å². The molecule has 4 rings (SSSR count). The number of rotatable bonds is 3. The lowest BCUT2D eigenvalue weighted by Gasteiger charge is -2.46. The van der Waals surface area contributed by atoms with Gasteiger partial charge in [0.2, 0.25) is 0 Å². The first-order valence-electron chi connectivity index (χ1n) is 8.41. The van der Waals surface area contributed by atoms with Crippen LogP contribution in [0.25, 0.3) is 0 Å². The summed E-state index contributed by atoms with van der Waals surface area (Å²) in [4.78, 5) is 12.5. The molecule has 5 heteroatoms. The van der Waals surface area contributed by atoms with Crippen molar-refractivity contribution in [1.29, 1.82) is 5.26 Å². The summed E-state index contributed by atoms with van der Waals surface area (Å²) in [6.45, 7) is 0. The molecule has 1 aromatic rings. The molecular weight excluding hydrogens is 382 g/mol. The van der Waals surface area contributed by atoms with Gasteiger partial charge in [-0.3, -0.25) is 0 Å². The Morgan fingerprint density at radius 3 is 2.68 bits per heavy atom. The number of hydrogen-bond donors (Lipinski definition) is 0. The average Bonchev–Trinajstić information content (AvgIpc) is 2.95. The van der Waals surface area contributed by atoms with E-state index in [4.69, 9.17) is 9.47 Å². The monoisotopic (exact) mass is 399 g/mol. The molecule has 0 aromatic heterocycles. The molecule has 0 radical (unpaired) electrons. The molecule has 1 saturated carbocycles. The van der Waals surface area contributed by atoms with Gasteiger partial charge in [-0.05, 0) is 42.7 Å². The van der Waals surface area contributed by atoms with Crippen molar-refractivity contribution in [3.63, 3.8) is 0 Å². The van der Waals surface area contributed by atoms with E-state index in [2.05, 4.69) is 40.2 Å².